The minimum Gasteiger partial charge on any atom is -0.464 e. The number of hydrogen-bond acceptors (Lipinski definition) is 6. The van der Waals surface area contributed by atoms with Crippen molar-refractivity contribution >= 4 is 28.5 Å². The Morgan fingerprint density at radius 2 is 2.12 bits per heavy atom. The van der Waals surface area contributed by atoms with E-state index in [4.69, 9.17) is 4.74 Å². The molecule has 0 spiro atoms. The minimum absolute atomic E-state index is 0.133. The van der Waals surface area contributed by atoms with Crippen LogP contribution in [0.25, 0.3) is 10.9 Å². The van der Waals surface area contributed by atoms with Gasteiger partial charge in [-0.1, -0.05) is 18.2 Å². The summed E-state index contributed by atoms with van der Waals surface area (Å²) in [6.45, 7) is 1.26. The molecule has 1 amide bonds. The van der Waals surface area contributed by atoms with Crippen LogP contribution in [-0.2, 0) is 27.4 Å². The van der Waals surface area contributed by atoms with Crippen LogP contribution >= 0.6 is 0 Å². The maximum Gasteiger partial charge on any atom is 0.355 e. The summed E-state index contributed by atoms with van der Waals surface area (Å²) in [7, 11) is 1.28. The van der Waals surface area contributed by atoms with E-state index in [-0.39, 0.29) is 11.6 Å². The molecule has 7 heteroatoms. The molecule has 122 valence electrons. The molecular weight excluding hydrogens is 308 g/mol. The highest BCUT2D eigenvalue weighted by Gasteiger charge is 2.38. The van der Waals surface area contributed by atoms with Crippen LogP contribution < -0.4 is 5.43 Å². The fourth-order valence-corrected chi connectivity index (χ4v) is 3.19. The highest BCUT2D eigenvalue weighted by atomic mass is 16.5. The number of methoxy groups -OCH3 is 1. The van der Waals surface area contributed by atoms with Crippen molar-refractivity contribution in [3.05, 3.63) is 41.6 Å². The highest BCUT2D eigenvalue weighted by Crippen LogP contribution is 2.27. The van der Waals surface area contributed by atoms with Gasteiger partial charge in [-0.15, -0.1) is 0 Å². The van der Waals surface area contributed by atoms with Gasteiger partial charge < -0.3 is 15.1 Å². The Kier molecular flexibility index (Phi) is 3.41. The van der Waals surface area contributed by atoms with Gasteiger partial charge in [0.25, 0.3) is 0 Å². The van der Waals surface area contributed by atoms with Crippen LogP contribution in [0.15, 0.2) is 35.4 Å². The lowest BCUT2D eigenvalue weighted by molar-refractivity contribution is -0.137. The third-order valence-corrected chi connectivity index (χ3v) is 4.42. The average Bonchev–Trinajstić information content (AvgIpc) is 3.24. The van der Waals surface area contributed by atoms with Crippen LogP contribution in [0.2, 0.25) is 0 Å². The molecule has 3 heterocycles. The minimum atomic E-state index is -0.610. The van der Waals surface area contributed by atoms with Crippen LogP contribution in [0.4, 0.5) is 0 Å². The summed E-state index contributed by atoms with van der Waals surface area (Å²) >= 11 is 0. The second kappa shape index (κ2) is 5.59. The first kappa shape index (κ1) is 14.6. The van der Waals surface area contributed by atoms with Crippen LogP contribution in [0.5, 0.6) is 0 Å². The number of fused-ring (bicyclic) bond motifs is 2. The van der Waals surface area contributed by atoms with Crippen LogP contribution in [0, 0.1) is 5.92 Å². The molecule has 1 N–H and O–H groups in total. The van der Waals surface area contributed by atoms with Crippen molar-refractivity contribution in [2.24, 2.45) is 11.0 Å². The largest absolute Gasteiger partial charge is 0.464 e. The number of nitrogens with one attached hydrogen (secondary N) is 1. The summed E-state index contributed by atoms with van der Waals surface area (Å²) in [6.07, 6.45) is 0. The number of pyridine rings is 1. The summed E-state index contributed by atoms with van der Waals surface area (Å²) in [5, 5.41) is 4.96. The van der Waals surface area contributed by atoms with Crippen LogP contribution in [-0.4, -0.2) is 41.1 Å². The number of carbonyl (C=O) groups is 2. The fourth-order valence-electron chi connectivity index (χ4n) is 3.19. The molecule has 4 rings (SSSR count). The van der Waals surface area contributed by atoms with Gasteiger partial charge in [0.2, 0.25) is 5.91 Å². The van der Waals surface area contributed by atoms with Crippen LogP contribution in [0.3, 0.4) is 0 Å². The van der Waals surface area contributed by atoms with E-state index in [1.807, 2.05) is 24.3 Å². The number of benzene rings is 1. The summed E-state index contributed by atoms with van der Waals surface area (Å²) in [5.41, 5.74) is 5.72. The Hall–Kier alpha value is -2.96. The predicted octanol–water partition coefficient (Wildman–Crippen LogP) is 0.825. The van der Waals surface area contributed by atoms with Gasteiger partial charge in [-0.2, -0.15) is 5.10 Å². The van der Waals surface area contributed by atoms with Crippen molar-refractivity contribution in [3.8, 4) is 0 Å². The average molecular weight is 324 g/mol. The van der Waals surface area contributed by atoms with Gasteiger partial charge in [-0.3, -0.25) is 9.78 Å². The zero-order valence-corrected chi connectivity index (χ0v) is 13.2. The van der Waals surface area contributed by atoms with Gasteiger partial charge >= 0.3 is 5.97 Å². The molecule has 0 saturated carbocycles. The molecule has 0 fully saturated rings. The molecule has 0 unspecified atom stereocenters. The van der Waals surface area contributed by atoms with Gasteiger partial charge in [0, 0.05) is 11.9 Å². The number of rotatable bonds is 2. The van der Waals surface area contributed by atoms with E-state index < -0.39 is 11.9 Å². The Morgan fingerprint density at radius 3 is 2.96 bits per heavy atom. The molecule has 2 aliphatic rings. The van der Waals surface area contributed by atoms with E-state index in [0.29, 0.717) is 19.6 Å². The first-order valence-corrected chi connectivity index (χ1v) is 7.72. The Balaban J connectivity index is 1.58. The number of aromatic nitrogens is 1. The standard InChI is InChI=1S/C17H16N4O3/c1-24-17(23)15-12(7-18-20-15)16(22)21-8-11-6-10-4-2-3-5-13(10)19-14(11)9-21/h2-6,12,18H,7-9H2,1H3/t12-/m0/s1. The van der Waals surface area contributed by atoms with Gasteiger partial charge in [-0.25, -0.2) is 4.79 Å². The van der Waals surface area contributed by atoms with E-state index >= 15 is 0 Å². The van der Waals surface area contributed by atoms with Gasteiger partial charge in [-0.05, 0) is 17.7 Å². The van der Waals surface area contributed by atoms with Crippen LogP contribution in [0.1, 0.15) is 11.3 Å². The number of para-hydroxylation sites is 1. The SMILES string of the molecule is COC(=O)C1=NNC[C@@H]1C(=O)N1Cc2cc3ccccc3nc2C1. The smallest absolute Gasteiger partial charge is 0.355 e. The third kappa shape index (κ3) is 2.29. The highest BCUT2D eigenvalue weighted by molar-refractivity contribution is 6.41. The summed E-state index contributed by atoms with van der Waals surface area (Å²) in [5.74, 6) is -1.31. The molecule has 0 radical (unpaired) electrons. The molecule has 24 heavy (non-hydrogen) atoms. The number of hydrazone groups is 1. The van der Waals surface area contributed by atoms with Gasteiger partial charge in [0.05, 0.1) is 31.4 Å². The molecule has 1 aromatic heterocycles. The normalized spacial score (nSPS) is 19.0. The number of carbonyl (C=O) groups excluding carboxylic acids is 2. The molecule has 1 aromatic carbocycles. The van der Waals surface area contributed by atoms with E-state index in [9.17, 15) is 9.59 Å². The first-order chi connectivity index (χ1) is 11.7. The van der Waals surface area contributed by atoms with Gasteiger partial charge in [0.1, 0.15) is 5.92 Å². The fraction of sp³-hybridized carbons (Fsp3) is 0.294. The van der Waals surface area contributed by atoms with Crippen molar-refractivity contribution in [2.75, 3.05) is 13.7 Å². The molecule has 0 bridgehead atoms. The number of amides is 1. The Morgan fingerprint density at radius 1 is 1.29 bits per heavy atom. The maximum absolute atomic E-state index is 12.8. The molecule has 1 atom stereocenters. The number of esters is 1. The lowest BCUT2D eigenvalue weighted by Crippen LogP contribution is -2.39. The lowest BCUT2D eigenvalue weighted by Gasteiger charge is -2.19. The molecule has 0 saturated heterocycles. The quantitative estimate of drug-likeness (QED) is 0.827. The molecular formula is C17H16N4O3. The molecule has 2 aromatic rings. The topological polar surface area (TPSA) is 83.9 Å². The monoisotopic (exact) mass is 324 g/mol. The zero-order chi connectivity index (χ0) is 16.7. The predicted molar refractivity (Wildman–Crippen MR) is 86.9 cm³/mol. The Bertz CT molecular complexity index is 833. The number of ether oxygens (including phenoxy) is 1. The third-order valence-electron chi connectivity index (χ3n) is 4.42. The van der Waals surface area contributed by atoms with Crippen molar-refractivity contribution in [1.29, 1.82) is 0 Å². The molecule has 7 nitrogen and oxygen atoms in total. The van der Waals surface area contributed by atoms with E-state index in [0.717, 1.165) is 22.2 Å². The summed E-state index contributed by atoms with van der Waals surface area (Å²) < 4.78 is 4.70. The van der Waals surface area contributed by atoms with Crippen molar-refractivity contribution in [1.82, 2.24) is 15.3 Å². The van der Waals surface area contributed by atoms with E-state index in [2.05, 4.69) is 21.6 Å². The van der Waals surface area contributed by atoms with Crippen molar-refractivity contribution in [2.45, 2.75) is 13.1 Å². The van der Waals surface area contributed by atoms with E-state index in [1.165, 1.54) is 7.11 Å². The summed E-state index contributed by atoms with van der Waals surface area (Å²) in [6, 6.07) is 9.96. The Labute approximate surface area is 138 Å². The van der Waals surface area contributed by atoms with E-state index in [1.54, 1.807) is 4.90 Å². The number of hydrogen-bond donors (Lipinski definition) is 1. The first-order valence-electron chi connectivity index (χ1n) is 7.72. The van der Waals surface area contributed by atoms with Crippen molar-refractivity contribution < 1.29 is 14.3 Å². The van der Waals surface area contributed by atoms with Gasteiger partial charge in [0.15, 0.2) is 5.71 Å². The molecule has 0 aliphatic carbocycles. The summed E-state index contributed by atoms with van der Waals surface area (Å²) in [4.78, 5) is 30.9. The van der Waals surface area contributed by atoms with Crippen molar-refractivity contribution in [3.63, 3.8) is 0 Å². The number of nitrogens with zero attached hydrogens (tertiary/aromatic N) is 3. The lowest BCUT2D eigenvalue weighted by atomic mass is 10.0. The second-order valence-corrected chi connectivity index (χ2v) is 5.88. The second-order valence-electron chi connectivity index (χ2n) is 5.88. The maximum atomic E-state index is 12.8. The molecule has 2 aliphatic heterocycles. The zero-order valence-electron chi connectivity index (χ0n) is 13.2.